The van der Waals surface area contributed by atoms with Gasteiger partial charge < -0.3 is 9.84 Å². The Kier molecular flexibility index (Phi) is 2.81. The van der Waals surface area contributed by atoms with E-state index in [-0.39, 0.29) is 11.9 Å². The maximum atomic E-state index is 11.5. The number of hydrogen-bond acceptors (Lipinski definition) is 3. The molecule has 0 radical (unpaired) electrons. The van der Waals surface area contributed by atoms with E-state index in [0.717, 1.165) is 0 Å². The van der Waals surface area contributed by atoms with Crippen molar-refractivity contribution >= 4 is 11.9 Å². The van der Waals surface area contributed by atoms with Crippen LogP contribution < -0.4 is 0 Å². The van der Waals surface area contributed by atoms with E-state index in [4.69, 9.17) is 4.74 Å². The number of carbonyl (C=O) groups is 2. The molecule has 0 unspecified atom stereocenters. The van der Waals surface area contributed by atoms with Crippen LogP contribution in [0.1, 0.15) is 33.6 Å². The molecule has 0 amide bonds. The summed E-state index contributed by atoms with van der Waals surface area (Å²) in [7, 11) is 1.34. The summed E-state index contributed by atoms with van der Waals surface area (Å²) in [6.45, 7) is 5.36. The molecule has 1 N–H and O–H groups in total. The highest BCUT2D eigenvalue weighted by Gasteiger charge is 2.58. The van der Waals surface area contributed by atoms with Gasteiger partial charge in [0.05, 0.1) is 18.4 Å². The average Bonchev–Trinajstić information content (AvgIpc) is 2.39. The maximum absolute atomic E-state index is 11.5. The molecule has 0 heterocycles. The fourth-order valence-electron chi connectivity index (χ4n) is 2.44. The molecule has 4 heteroatoms. The smallest absolute Gasteiger partial charge is 0.309 e. The third-order valence-corrected chi connectivity index (χ3v) is 4.18. The van der Waals surface area contributed by atoms with Gasteiger partial charge in [0.25, 0.3) is 0 Å². The van der Waals surface area contributed by atoms with E-state index in [0.29, 0.717) is 12.8 Å². The van der Waals surface area contributed by atoms with Crippen molar-refractivity contribution in [2.24, 2.45) is 16.7 Å². The van der Waals surface area contributed by atoms with E-state index in [9.17, 15) is 14.7 Å². The van der Waals surface area contributed by atoms with Crippen molar-refractivity contribution < 1.29 is 19.4 Å². The van der Waals surface area contributed by atoms with Gasteiger partial charge in [0.2, 0.25) is 0 Å². The standard InChI is InChI=1S/C11H18O4/c1-10(2)7(8(12)15-4)5-6-11(10,3)9(13)14/h7H,5-6H2,1-4H3,(H,13,14)/t7-,11-/m1/s1. The van der Waals surface area contributed by atoms with Crippen LogP contribution >= 0.6 is 0 Å². The summed E-state index contributed by atoms with van der Waals surface area (Å²) in [5.74, 6) is -1.45. The summed E-state index contributed by atoms with van der Waals surface area (Å²) >= 11 is 0. The van der Waals surface area contributed by atoms with Crippen LogP contribution in [-0.2, 0) is 14.3 Å². The summed E-state index contributed by atoms with van der Waals surface area (Å²) in [5, 5.41) is 9.23. The fourth-order valence-corrected chi connectivity index (χ4v) is 2.44. The molecule has 0 aliphatic heterocycles. The number of aliphatic carboxylic acids is 1. The Labute approximate surface area is 89.6 Å². The van der Waals surface area contributed by atoms with Crippen LogP contribution in [0.5, 0.6) is 0 Å². The quantitative estimate of drug-likeness (QED) is 0.710. The number of methoxy groups -OCH3 is 1. The van der Waals surface area contributed by atoms with E-state index in [1.54, 1.807) is 6.92 Å². The van der Waals surface area contributed by atoms with Gasteiger partial charge in [-0.05, 0) is 25.2 Å². The number of rotatable bonds is 2. The highest BCUT2D eigenvalue weighted by molar-refractivity contribution is 5.80. The minimum absolute atomic E-state index is 0.301. The second-order valence-electron chi connectivity index (χ2n) is 4.97. The van der Waals surface area contributed by atoms with Gasteiger partial charge >= 0.3 is 11.9 Å². The van der Waals surface area contributed by atoms with Crippen molar-refractivity contribution in [2.75, 3.05) is 7.11 Å². The van der Waals surface area contributed by atoms with Gasteiger partial charge in [-0.25, -0.2) is 0 Å². The molecule has 15 heavy (non-hydrogen) atoms. The Morgan fingerprint density at radius 1 is 1.33 bits per heavy atom. The van der Waals surface area contributed by atoms with Gasteiger partial charge in [0.1, 0.15) is 0 Å². The number of esters is 1. The zero-order valence-electron chi connectivity index (χ0n) is 9.66. The van der Waals surface area contributed by atoms with Crippen LogP contribution in [0.3, 0.4) is 0 Å². The van der Waals surface area contributed by atoms with Crippen molar-refractivity contribution in [1.29, 1.82) is 0 Å². The third-order valence-electron chi connectivity index (χ3n) is 4.18. The normalized spacial score (nSPS) is 33.7. The average molecular weight is 214 g/mol. The molecule has 0 aromatic heterocycles. The first-order valence-electron chi connectivity index (χ1n) is 5.08. The third kappa shape index (κ3) is 1.52. The molecule has 0 bridgehead atoms. The zero-order chi connectivity index (χ0) is 11.9. The van der Waals surface area contributed by atoms with E-state index >= 15 is 0 Å². The van der Waals surface area contributed by atoms with Crippen molar-refractivity contribution in [1.82, 2.24) is 0 Å². The lowest BCUT2D eigenvalue weighted by Gasteiger charge is -2.37. The molecule has 2 atom stereocenters. The zero-order valence-corrected chi connectivity index (χ0v) is 9.66. The first-order chi connectivity index (χ1) is 6.77. The molecule has 86 valence electrons. The first-order valence-corrected chi connectivity index (χ1v) is 5.08. The first kappa shape index (κ1) is 12.0. The van der Waals surface area contributed by atoms with Crippen LogP contribution in [0, 0.1) is 16.7 Å². The molecule has 1 aliphatic rings. The van der Waals surface area contributed by atoms with Crippen molar-refractivity contribution in [3.63, 3.8) is 0 Å². The fraction of sp³-hybridized carbons (Fsp3) is 0.818. The highest BCUT2D eigenvalue weighted by Crippen LogP contribution is 2.56. The summed E-state index contributed by atoms with van der Waals surface area (Å²) in [4.78, 5) is 22.8. The van der Waals surface area contributed by atoms with Gasteiger partial charge in [-0.3, -0.25) is 9.59 Å². The number of hydrogen-bond donors (Lipinski definition) is 1. The van der Waals surface area contributed by atoms with Gasteiger partial charge in [-0.15, -0.1) is 0 Å². The lowest BCUT2D eigenvalue weighted by Crippen LogP contribution is -2.42. The van der Waals surface area contributed by atoms with Gasteiger partial charge in [-0.2, -0.15) is 0 Å². The van der Waals surface area contributed by atoms with E-state index < -0.39 is 16.8 Å². The second kappa shape index (κ2) is 3.51. The minimum atomic E-state index is -0.841. The van der Waals surface area contributed by atoms with Crippen molar-refractivity contribution in [2.45, 2.75) is 33.6 Å². The van der Waals surface area contributed by atoms with Crippen molar-refractivity contribution in [3.05, 3.63) is 0 Å². The van der Waals surface area contributed by atoms with Gasteiger partial charge in [-0.1, -0.05) is 13.8 Å². The molecular weight excluding hydrogens is 196 g/mol. The number of carbonyl (C=O) groups excluding carboxylic acids is 1. The molecule has 1 aliphatic carbocycles. The van der Waals surface area contributed by atoms with Gasteiger partial charge in [0.15, 0.2) is 0 Å². The Hall–Kier alpha value is -1.06. The predicted octanol–water partition coefficient (Wildman–Crippen LogP) is 1.69. The number of ether oxygens (including phenoxy) is 1. The molecule has 0 aromatic carbocycles. The van der Waals surface area contributed by atoms with Crippen LogP contribution in [-0.4, -0.2) is 24.2 Å². The largest absolute Gasteiger partial charge is 0.481 e. The van der Waals surface area contributed by atoms with Crippen LogP contribution in [0.25, 0.3) is 0 Å². The summed E-state index contributed by atoms with van der Waals surface area (Å²) in [6, 6.07) is 0. The van der Waals surface area contributed by atoms with Crippen molar-refractivity contribution in [3.8, 4) is 0 Å². The molecule has 4 nitrogen and oxygen atoms in total. The van der Waals surface area contributed by atoms with E-state index in [1.807, 2.05) is 13.8 Å². The molecule has 1 fully saturated rings. The molecule has 1 saturated carbocycles. The van der Waals surface area contributed by atoms with Crippen LogP contribution in [0.2, 0.25) is 0 Å². The SMILES string of the molecule is COC(=O)[C@H]1CC[C@](C)(C(=O)O)C1(C)C. The predicted molar refractivity (Wildman–Crippen MR) is 54.3 cm³/mol. The lowest BCUT2D eigenvalue weighted by molar-refractivity contribution is -0.159. The molecule has 0 saturated heterocycles. The Balaban J connectivity index is 3.04. The summed E-state index contributed by atoms with van der Waals surface area (Å²) in [5.41, 5.74) is -1.40. The minimum Gasteiger partial charge on any atom is -0.481 e. The monoisotopic (exact) mass is 214 g/mol. The van der Waals surface area contributed by atoms with Crippen LogP contribution in [0.15, 0.2) is 0 Å². The Bertz CT molecular complexity index is 295. The lowest BCUT2D eigenvalue weighted by atomic mass is 9.66. The topological polar surface area (TPSA) is 63.6 Å². The second-order valence-corrected chi connectivity index (χ2v) is 4.97. The van der Waals surface area contributed by atoms with Crippen LogP contribution in [0.4, 0.5) is 0 Å². The Morgan fingerprint density at radius 3 is 2.20 bits per heavy atom. The number of carboxylic acids is 1. The van der Waals surface area contributed by atoms with Gasteiger partial charge in [0, 0.05) is 0 Å². The molecule has 1 rings (SSSR count). The highest BCUT2D eigenvalue weighted by atomic mass is 16.5. The number of carboxylic acid groups (broad SMARTS) is 1. The maximum Gasteiger partial charge on any atom is 0.309 e. The van der Waals surface area contributed by atoms with E-state index in [1.165, 1.54) is 7.11 Å². The Morgan fingerprint density at radius 2 is 1.87 bits per heavy atom. The summed E-state index contributed by atoms with van der Waals surface area (Å²) in [6.07, 6.45) is 1.11. The van der Waals surface area contributed by atoms with E-state index in [2.05, 4.69) is 0 Å². The molecule has 0 spiro atoms. The molecular formula is C11H18O4. The molecule has 0 aromatic rings. The summed E-state index contributed by atoms with van der Waals surface area (Å²) < 4.78 is 4.71.